The van der Waals surface area contributed by atoms with E-state index in [0.717, 1.165) is 6.42 Å². The predicted molar refractivity (Wildman–Crippen MR) is 109 cm³/mol. The largest absolute Gasteiger partial charge is 0.394 e. The van der Waals surface area contributed by atoms with E-state index in [1.807, 2.05) is 11.8 Å². The highest BCUT2D eigenvalue weighted by Gasteiger charge is 2.35. The number of hydrogen-bond acceptors (Lipinski definition) is 4. The Hall–Kier alpha value is -0.593. The molecule has 25 heavy (non-hydrogen) atoms. The number of thioether (sulfide) groups is 1. The van der Waals surface area contributed by atoms with Crippen LogP contribution in [0.25, 0.3) is 0 Å². The molecule has 3 atom stereocenters. The van der Waals surface area contributed by atoms with Crippen molar-refractivity contribution in [2.75, 3.05) is 6.61 Å². The van der Waals surface area contributed by atoms with Crippen LogP contribution in [0.15, 0.2) is 45.8 Å². The lowest BCUT2D eigenvalue weighted by Crippen LogP contribution is -2.41. The Kier molecular flexibility index (Phi) is 8.23. The summed E-state index contributed by atoms with van der Waals surface area (Å²) in [5, 5.41) is 19.4. The van der Waals surface area contributed by atoms with Crippen molar-refractivity contribution < 1.29 is 14.9 Å². The van der Waals surface area contributed by atoms with Crippen molar-refractivity contribution in [3.63, 3.8) is 0 Å². The van der Waals surface area contributed by atoms with Gasteiger partial charge in [-0.25, -0.2) is 0 Å². The average Bonchev–Trinajstić information content (AvgIpc) is 2.66. The Morgan fingerprint density at radius 1 is 1.16 bits per heavy atom. The molecule has 1 aliphatic rings. The van der Waals surface area contributed by atoms with Gasteiger partial charge in [-0.3, -0.25) is 0 Å². The first-order chi connectivity index (χ1) is 12.1. The Balaban J connectivity index is 2.30. The minimum atomic E-state index is -1.54. The third-order valence-electron chi connectivity index (χ3n) is 5.57. The van der Waals surface area contributed by atoms with Crippen LogP contribution in [-0.2, 0) is 4.74 Å². The van der Waals surface area contributed by atoms with E-state index in [9.17, 15) is 10.2 Å². The smallest absolute Gasteiger partial charge is 0.107 e. The molecule has 0 radical (unpaired) electrons. The molecule has 1 fully saturated rings. The first-order valence-electron chi connectivity index (χ1n) is 9.48. The lowest BCUT2D eigenvalue weighted by Gasteiger charge is -2.35. The second-order valence-electron chi connectivity index (χ2n) is 6.83. The minimum Gasteiger partial charge on any atom is -0.394 e. The van der Waals surface area contributed by atoms with Gasteiger partial charge in [0.1, 0.15) is 6.10 Å². The molecule has 0 amide bonds. The van der Waals surface area contributed by atoms with E-state index in [4.69, 9.17) is 4.74 Å². The van der Waals surface area contributed by atoms with Crippen LogP contribution in [0.5, 0.6) is 0 Å². The molecule has 1 aliphatic heterocycles. The number of benzene rings is 1. The van der Waals surface area contributed by atoms with E-state index in [2.05, 4.69) is 57.2 Å². The number of aliphatic hydroxyl groups excluding tert-OH is 2. The van der Waals surface area contributed by atoms with Gasteiger partial charge in [0.15, 0.2) is 0 Å². The summed E-state index contributed by atoms with van der Waals surface area (Å²) in [6.07, 6.45) is 2.80. The molecule has 2 N–H and O–H groups in total. The van der Waals surface area contributed by atoms with Gasteiger partial charge in [0, 0.05) is 4.90 Å². The normalized spacial score (nSPS) is 25.2. The zero-order valence-corrected chi connectivity index (χ0v) is 17.5. The van der Waals surface area contributed by atoms with Crippen molar-refractivity contribution in [1.29, 1.82) is 0 Å². The molecule has 1 aromatic carbocycles. The van der Waals surface area contributed by atoms with Crippen LogP contribution in [0.1, 0.15) is 33.6 Å². The summed E-state index contributed by atoms with van der Waals surface area (Å²) in [7, 11) is -1.54. The van der Waals surface area contributed by atoms with Crippen LogP contribution in [0, 0.1) is 0 Å². The molecule has 0 aliphatic carbocycles. The summed E-state index contributed by atoms with van der Waals surface area (Å²) in [5.74, 6) is 0. The number of ether oxygens (including phenoxy) is 1. The Morgan fingerprint density at radius 3 is 2.36 bits per heavy atom. The van der Waals surface area contributed by atoms with Gasteiger partial charge >= 0.3 is 0 Å². The number of aliphatic hydroxyl groups is 2. The van der Waals surface area contributed by atoms with Crippen molar-refractivity contribution in [2.24, 2.45) is 0 Å². The van der Waals surface area contributed by atoms with Crippen molar-refractivity contribution >= 4 is 19.8 Å². The van der Waals surface area contributed by atoms with E-state index in [1.165, 1.54) is 27.6 Å². The molecule has 0 unspecified atom stereocenters. The SMILES string of the molecule is CC[Si](CC)(CC)/C(=C/[C@H]1CC[C@H](O)[C@@H](CO)O1)Sc1ccccc1. The summed E-state index contributed by atoms with van der Waals surface area (Å²) in [5.41, 5.74) is 0. The molecular formula is C20H32O3SSi. The van der Waals surface area contributed by atoms with E-state index in [-0.39, 0.29) is 12.7 Å². The number of rotatable bonds is 8. The number of hydrogen-bond donors (Lipinski definition) is 2. The van der Waals surface area contributed by atoms with Gasteiger partial charge in [0.25, 0.3) is 0 Å². The summed E-state index contributed by atoms with van der Waals surface area (Å²) in [4.78, 5) is 1.27. The molecule has 0 bridgehead atoms. The molecule has 0 saturated carbocycles. The van der Waals surface area contributed by atoms with Crippen LogP contribution in [-0.4, -0.2) is 43.2 Å². The van der Waals surface area contributed by atoms with E-state index in [0.29, 0.717) is 6.42 Å². The third kappa shape index (κ3) is 5.20. The molecule has 5 heteroatoms. The van der Waals surface area contributed by atoms with Crippen molar-refractivity contribution in [3.05, 3.63) is 40.9 Å². The zero-order valence-electron chi connectivity index (χ0n) is 15.6. The summed E-state index contributed by atoms with van der Waals surface area (Å²) in [6, 6.07) is 14.2. The maximum atomic E-state index is 9.95. The topological polar surface area (TPSA) is 49.7 Å². The quantitative estimate of drug-likeness (QED) is 0.511. The molecule has 1 saturated heterocycles. The molecule has 1 heterocycles. The fraction of sp³-hybridized carbons (Fsp3) is 0.600. The zero-order chi connectivity index (χ0) is 18.3. The highest BCUT2D eigenvalue weighted by atomic mass is 32.2. The lowest BCUT2D eigenvalue weighted by atomic mass is 10.0. The maximum Gasteiger partial charge on any atom is 0.107 e. The standard InChI is InChI=1S/C20H32O3SSi/c1-4-25(5-2,6-3)20(24-17-10-8-7-9-11-17)14-16-12-13-18(22)19(15-21)23-16/h7-11,14,16,18-19,21-22H,4-6,12-13,15H2,1-3H3/b20-14+/t16-,18+,19-/m1/s1. The lowest BCUT2D eigenvalue weighted by molar-refractivity contribution is -0.118. The van der Waals surface area contributed by atoms with Crippen molar-refractivity contribution in [3.8, 4) is 0 Å². The van der Waals surface area contributed by atoms with Crippen LogP contribution >= 0.6 is 11.8 Å². The first-order valence-corrected chi connectivity index (χ1v) is 12.9. The molecule has 0 spiro atoms. The van der Waals surface area contributed by atoms with Gasteiger partial charge in [-0.1, -0.05) is 74.9 Å². The molecule has 3 nitrogen and oxygen atoms in total. The molecule has 0 aromatic heterocycles. The van der Waals surface area contributed by atoms with Gasteiger partial charge in [-0.2, -0.15) is 0 Å². The van der Waals surface area contributed by atoms with E-state index >= 15 is 0 Å². The van der Waals surface area contributed by atoms with Gasteiger partial charge in [-0.05, 0) is 29.5 Å². The van der Waals surface area contributed by atoms with Crippen molar-refractivity contribution in [2.45, 2.75) is 75.0 Å². The highest BCUT2D eigenvalue weighted by Crippen LogP contribution is 2.40. The fourth-order valence-electron chi connectivity index (χ4n) is 3.57. The molecular weight excluding hydrogens is 348 g/mol. The van der Waals surface area contributed by atoms with Crippen LogP contribution in [0.2, 0.25) is 18.1 Å². The Morgan fingerprint density at radius 2 is 1.80 bits per heavy atom. The second-order valence-corrected chi connectivity index (χ2v) is 13.5. The highest BCUT2D eigenvalue weighted by molar-refractivity contribution is 8.05. The summed E-state index contributed by atoms with van der Waals surface area (Å²) >= 11 is 1.89. The van der Waals surface area contributed by atoms with Crippen LogP contribution in [0.3, 0.4) is 0 Å². The van der Waals surface area contributed by atoms with Gasteiger partial charge in [0.2, 0.25) is 0 Å². The van der Waals surface area contributed by atoms with Crippen LogP contribution in [0.4, 0.5) is 0 Å². The average molecular weight is 381 g/mol. The first kappa shape index (κ1) is 20.7. The monoisotopic (exact) mass is 380 g/mol. The van der Waals surface area contributed by atoms with Gasteiger partial charge < -0.3 is 14.9 Å². The van der Waals surface area contributed by atoms with Crippen molar-refractivity contribution in [1.82, 2.24) is 0 Å². The Bertz CT molecular complexity index is 537. The Labute approximate surface area is 157 Å². The maximum absolute atomic E-state index is 9.95. The van der Waals surface area contributed by atoms with E-state index in [1.54, 1.807) is 0 Å². The third-order valence-corrected chi connectivity index (χ3v) is 13.3. The molecule has 1 aromatic rings. The van der Waals surface area contributed by atoms with Gasteiger partial charge in [0.05, 0.1) is 26.9 Å². The summed E-state index contributed by atoms with van der Waals surface area (Å²) in [6.45, 7) is 6.84. The predicted octanol–water partition coefficient (Wildman–Crippen LogP) is 4.61. The van der Waals surface area contributed by atoms with E-state index < -0.39 is 20.3 Å². The summed E-state index contributed by atoms with van der Waals surface area (Å²) < 4.78 is 7.47. The second kappa shape index (κ2) is 9.93. The van der Waals surface area contributed by atoms with Gasteiger partial charge in [-0.15, -0.1) is 0 Å². The molecule has 140 valence electrons. The fourth-order valence-corrected chi connectivity index (χ4v) is 9.94. The minimum absolute atomic E-state index is 0.0108. The molecule has 2 rings (SSSR count). The van der Waals surface area contributed by atoms with Crippen LogP contribution < -0.4 is 0 Å².